The van der Waals surface area contributed by atoms with Crippen LogP contribution in [0.3, 0.4) is 0 Å². The van der Waals surface area contributed by atoms with Crippen molar-refractivity contribution in [1.82, 2.24) is 15.1 Å². The zero-order valence-electron chi connectivity index (χ0n) is 11.2. The summed E-state index contributed by atoms with van der Waals surface area (Å²) < 4.78 is 0. The van der Waals surface area contributed by atoms with Gasteiger partial charge in [0.1, 0.15) is 0 Å². The lowest BCUT2D eigenvalue weighted by molar-refractivity contribution is -0.130. The minimum absolute atomic E-state index is 0.0372. The number of hydrogen-bond donors (Lipinski definition) is 1. The number of nitrogens with zero attached hydrogens (tertiary/aromatic N) is 2. The average molecular weight is 227 g/mol. The highest BCUT2D eigenvalue weighted by atomic mass is 16.2. The van der Waals surface area contributed by atoms with Crippen molar-refractivity contribution in [2.45, 2.75) is 26.3 Å². The van der Waals surface area contributed by atoms with Crippen molar-refractivity contribution in [2.75, 3.05) is 40.8 Å². The van der Waals surface area contributed by atoms with Crippen molar-refractivity contribution in [3.63, 3.8) is 0 Å². The molecule has 0 spiro atoms. The van der Waals surface area contributed by atoms with E-state index in [-0.39, 0.29) is 17.4 Å². The van der Waals surface area contributed by atoms with E-state index in [0.717, 1.165) is 26.1 Å². The van der Waals surface area contributed by atoms with Crippen LogP contribution >= 0.6 is 0 Å². The second-order valence-electron chi connectivity index (χ2n) is 5.79. The van der Waals surface area contributed by atoms with Crippen molar-refractivity contribution < 1.29 is 4.79 Å². The number of amides is 1. The van der Waals surface area contributed by atoms with Crippen LogP contribution in [-0.4, -0.2) is 62.5 Å². The van der Waals surface area contributed by atoms with Gasteiger partial charge in [0.15, 0.2) is 0 Å². The maximum Gasteiger partial charge on any atom is 0.239 e. The van der Waals surface area contributed by atoms with Gasteiger partial charge in [-0.05, 0) is 33.0 Å². The fourth-order valence-corrected chi connectivity index (χ4v) is 2.59. The van der Waals surface area contributed by atoms with E-state index >= 15 is 0 Å². The second-order valence-corrected chi connectivity index (χ2v) is 5.79. The number of carbonyl (C=O) groups excluding carboxylic acids is 1. The molecule has 0 saturated carbocycles. The highest BCUT2D eigenvalue weighted by molar-refractivity contribution is 5.83. The molecule has 1 atom stereocenters. The van der Waals surface area contributed by atoms with Gasteiger partial charge in [-0.3, -0.25) is 4.79 Å². The first-order chi connectivity index (χ1) is 7.35. The molecule has 0 aromatic rings. The van der Waals surface area contributed by atoms with Gasteiger partial charge in [0.25, 0.3) is 0 Å². The summed E-state index contributed by atoms with van der Waals surface area (Å²) in [7, 11) is 6.00. The molecular weight excluding hydrogens is 202 g/mol. The van der Waals surface area contributed by atoms with Gasteiger partial charge in [0.2, 0.25) is 5.91 Å². The summed E-state index contributed by atoms with van der Waals surface area (Å²) in [6, 6.07) is 0.0372. The molecule has 1 heterocycles. The lowest BCUT2D eigenvalue weighted by atomic mass is 9.92. The van der Waals surface area contributed by atoms with E-state index in [2.05, 4.69) is 38.2 Å². The zero-order chi connectivity index (χ0) is 12.3. The maximum atomic E-state index is 11.9. The molecule has 1 amide bonds. The summed E-state index contributed by atoms with van der Waals surface area (Å²) in [4.78, 5) is 16.1. The van der Waals surface area contributed by atoms with Gasteiger partial charge in [0.05, 0.1) is 6.04 Å². The Labute approximate surface area is 99.0 Å². The van der Waals surface area contributed by atoms with Crippen molar-refractivity contribution in [1.29, 1.82) is 0 Å². The number of carbonyl (C=O) groups is 1. The summed E-state index contributed by atoms with van der Waals surface area (Å²) >= 11 is 0. The van der Waals surface area contributed by atoms with Crippen LogP contribution in [0.1, 0.15) is 20.3 Å². The van der Waals surface area contributed by atoms with Crippen molar-refractivity contribution in [2.24, 2.45) is 5.41 Å². The third-order valence-electron chi connectivity index (χ3n) is 3.01. The van der Waals surface area contributed by atoms with Crippen LogP contribution in [0.4, 0.5) is 0 Å². The first-order valence-corrected chi connectivity index (χ1v) is 5.96. The van der Waals surface area contributed by atoms with E-state index in [1.807, 2.05) is 11.9 Å². The molecule has 1 aliphatic heterocycles. The fourth-order valence-electron chi connectivity index (χ4n) is 2.59. The van der Waals surface area contributed by atoms with Crippen molar-refractivity contribution >= 4 is 5.91 Å². The van der Waals surface area contributed by atoms with Crippen LogP contribution in [0.2, 0.25) is 0 Å². The topological polar surface area (TPSA) is 35.6 Å². The molecule has 1 saturated heterocycles. The van der Waals surface area contributed by atoms with Gasteiger partial charge in [0, 0.05) is 19.6 Å². The lowest BCUT2D eigenvalue weighted by Gasteiger charge is -2.32. The van der Waals surface area contributed by atoms with E-state index in [9.17, 15) is 4.79 Å². The molecule has 1 unspecified atom stereocenters. The first-order valence-electron chi connectivity index (χ1n) is 5.96. The number of nitrogens with one attached hydrogen (secondary N) is 1. The molecule has 94 valence electrons. The molecule has 1 fully saturated rings. The van der Waals surface area contributed by atoms with E-state index in [4.69, 9.17) is 0 Å². The van der Waals surface area contributed by atoms with Crippen molar-refractivity contribution in [3.05, 3.63) is 0 Å². The molecule has 1 N–H and O–H groups in total. The van der Waals surface area contributed by atoms with Crippen LogP contribution < -0.4 is 5.32 Å². The Morgan fingerprint density at radius 3 is 2.56 bits per heavy atom. The predicted molar refractivity (Wildman–Crippen MR) is 66.4 cm³/mol. The van der Waals surface area contributed by atoms with Gasteiger partial charge in [-0.15, -0.1) is 0 Å². The predicted octanol–water partition coefficient (Wildman–Crippen LogP) is 0.395. The molecule has 0 radical (unpaired) electrons. The summed E-state index contributed by atoms with van der Waals surface area (Å²) in [5.41, 5.74) is 0.155. The molecule has 0 aromatic heterocycles. The molecule has 16 heavy (non-hydrogen) atoms. The molecule has 0 bridgehead atoms. The lowest BCUT2D eigenvalue weighted by Crippen LogP contribution is -2.43. The summed E-state index contributed by atoms with van der Waals surface area (Å²) in [6.45, 7) is 7.17. The first kappa shape index (κ1) is 13.5. The van der Waals surface area contributed by atoms with Gasteiger partial charge in [-0.2, -0.15) is 0 Å². The number of likely N-dealkylation sites (N-methyl/N-ethyl adjacent to an activating group) is 1. The van der Waals surface area contributed by atoms with Gasteiger partial charge in [-0.25, -0.2) is 0 Å². The summed E-state index contributed by atoms with van der Waals surface area (Å²) in [5, 5.41) is 3.07. The molecule has 4 heteroatoms. The van der Waals surface area contributed by atoms with E-state index in [1.165, 1.54) is 0 Å². The third kappa shape index (κ3) is 3.46. The Kier molecular flexibility index (Phi) is 4.33. The van der Waals surface area contributed by atoms with E-state index < -0.39 is 0 Å². The number of rotatable bonds is 5. The zero-order valence-corrected chi connectivity index (χ0v) is 11.2. The molecule has 4 nitrogen and oxygen atoms in total. The third-order valence-corrected chi connectivity index (χ3v) is 3.01. The van der Waals surface area contributed by atoms with Crippen molar-refractivity contribution in [3.8, 4) is 0 Å². The average Bonchev–Trinajstić information content (AvgIpc) is 2.45. The van der Waals surface area contributed by atoms with Crippen LogP contribution in [0, 0.1) is 5.41 Å². The number of likely N-dealkylation sites (tertiary alicyclic amines) is 1. The number of hydrogen-bond acceptors (Lipinski definition) is 3. The molecule has 0 aromatic carbocycles. The second kappa shape index (κ2) is 5.15. The Morgan fingerprint density at radius 1 is 1.50 bits per heavy atom. The molecule has 1 aliphatic rings. The van der Waals surface area contributed by atoms with E-state index in [0.29, 0.717) is 0 Å². The summed E-state index contributed by atoms with van der Waals surface area (Å²) in [6.07, 6.45) is 0.938. The smallest absolute Gasteiger partial charge is 0.239 e. The van der Waals surface area contributed by atoms with Crippen LogP contribution in [0.5, 0.6) is 0 Å². The minimum atomic E-state index is 0.0372. The van der Waals surface area contributed by atoms with Crippen LogP contribution in [0.25, 0.3) is 0 Å². The molecular formula is C12H25N3O. The Hall–Kier alpha value is -0.610. The monoisotopic (exact) mass is 227 g/mol. The van der Waals surface area contributed by atoms with E-state index in [1.54, 1.807) is 0 Å². The van der Waals surface area contributed by atoms with Gasteiger partial charge < -0.3 is 15.1 Å². The fraction of sp³-hybridized carbons (Fsp3) is 0.917. The molecule has 0 aliphatic carbocycles. The molecule has 1 rings (SSSR count). The van der Waals surface area contributed by atoms with Gasteiger partial charge in [-0.1, -0.05) is 13.8 Å². The highest BCUT2D eigenvalue weighted by Crippen LogP contribution is 2.21. The largest absolute Gasteiger partial charge is 0.341 e. The van der Waals surface area contributed by atoms with Crippen LogP contribution in [-0.2, 0) is 4.79 Å². The Morgan fingerprint density at radius 2 is 2.12 bits per heavy atom. The maximum absolute atomic E-state index is 11.9. The quantitative estimate of drug-likeness (QED) is 0.738. The Balaban J connectivity index is 2.52. The van der Waals surface area contributed by atoms with Crippen LogP contribution in [0.15, 0.2) is 0 Å². The highest BCUT2D eigenvalue weighted by Gasteiger charge is 2.33. The van der Waals surface area contributed by atoms with Gasteiger partial charge >= 0.3 is 0 Å². The standard InChI is InChI=1S/C12H25N3O/c1-12(2,8-14(4)5)9-15-7-6-10(13-3)11(15)16/h10,13H,6-9H2,1-5H3. The normalized spacial score (nSPS) is 22.2. The minimum Gasteiger partial charge on any atom is -0.341 e. The summed E-state index contributed by atoms with van der Waals surface area (Å²) in [5.74, 6) is 0.259. The SMILES string of the molecule is CNC1CCN(CC(C)(C)CN(C)C)C1=O. The Bertz CT molecular complexity index is 251.